The SMILES string of the molecule is CCOC(=O)c1c(C)ccc(OC)c1C#N. The number of carbonyl (C=O) groups excluding carboxylic acids is 1. The highest BCUT2D eigenvalue weighted by Crippen LogP contribution is 2.25. The standard InChI is InChI=1S/C12H13NO3/c1-4-16-12(14)11-8(2)5-6-10(15-3)9(11)7-13/h5-6H,4H2,1-3H3. The second-order valence-electron chi connectivity index (χ2n) is 3.17. The number of nitrogens with zero attached hydrogens (tertiary/aromatic N) is 1. The molecule has 0 saturated heterocycles. The minimum absolute atomic E-state index is 0.223. The number of hydrogen-bond donors (Lipinski definition) is 0. The van der Waals surface area contributed by atoms with Crippen LogP contribution in [0.4, 0.5) is 0 Å². The van der Waals surface area contributed by atoms with Crippen molar-refractivity contribution in [3.05, 3.63) is 28.8 Å². The average molecular weight is 219 g/mol. The smallest absolute Gasteiger partial charge is 0.339 e. The van der Waals surface area contributed by atoms with Crippen LogP contribution >= 0.6 is 0 Å². The summed E-state index contributed by atoms with van der Waals surface area (Å²) in [4.78, 5) is 11.7. The molecule has 0 spiro atoms. The van der Waals surface area contributed by atoms with Gasteiger partial charge in [-0.2, -0.15) is 5.26 Å². The summed E-state index contributed by atoms with van der Waals surface area (Å²) in [6.45, 7) is 3.76. The van der Waals surface area contributed by atoms with Gasteiger partial charge in [0, 0.05) is 0 Å². The Hall–Kier alpha value is -2.02. The van der Waals surface area contributed by atoms with E-state index in [0.29, 0.717) is 11.3 Å². The fourth-order valence-electron chi connectivity index (χ4n) is 1.44. The first kappa shape index (κ1) is 12.1. The van der Waals surface area contributed by atoms with E-state index in [4.69, 9.17) is 14.7 Å². The van der Waals surface area contributed by atoms with Gasteiger partial charge in [0.15, 0.2) is 0 Å². The van der Waals surface area contributed by atoms with Gasteiger partial charge in [-0.15, -0.1) is 0 Å². The van der Waals surface area contributed by atoms with Crippen molar-refractivity contribution < 1.29 is 14.3 Å². The molecule has 0 radical (unpaired) electrons. The summed E-state index contributed by atoms with van der Waals surface area (Å²) in [5, 5.41) is 9.03. The molecule has 4 heteroatoms. The molecule has 1 aromatic rings. The Balaban J connectivity index is 3.35. The largest absolute Gasteiger partial charge is 0.495 e. The zero-order chi connectivity index (χ0) is 12.1. The van der Waals surface area contributed by atoms with Gasteiger partial charge >= 0.3 is 5.97 Å². The molecule has 0 N–H and O–H groups in total. The Morgan fingerprint density at radius 3 is 2.69 bits per heavy atom. The Bertz CT molecular complexity index is 446. The van der Waals surface area contributed by atoms with E-state index in [1.165, 1.54) is 7.11 Å². The van der Waals surface area contributed by atoms with Gasteiger partial charge in [0.25, 0.3) is 0 Å². The van der Waals surface area contributed by atoms with E-state index in [0.717, 1.165) is 0 Å². The van der Waals surface area contributed by atoms with Gasteiger partial charge < -0.3 is 9.47 Å². The van der Waals surface area contributed by atoms with Crippen LogP contribution in [0.15, 0.2) is 12.1 Å². The van der Waals surface area contributed by atoms with E-state index in [2.05, 4.69) is 0 Å². The molecular weight excluding hydrogens is 206 g/mol. The van der Waals surface area contributed by atoms with Crippen LogP contribution in [0.25, 0.3) is 0 Å². The number of ether oxygens (including phenoxy) is 2. The number of esters is 1. The lowest BCUT2D eigenvalue weighted by Gasteiger charge is -2.10. The van der Waals surface area contributed by atoms with Gasteiger partial charge in [0.2, 0.25) is 0 Å². The van der Waals surface area contributed by atoms with E-state index < -0.39 is 5.97 Å². The van der Waals surface area contributed by atoms with Crippen molar-refractivity contribution in [1.82, 2.24) is 0 Å². The van der Waals surface area contributed by atoms with Crippen molar-refractivity contribution >= 4 is 5.97 Å². The first-order chi connectivity index (χ1) is 7.65. The lowest BCUT2D eigenvalue weighted by molar-refractivity contribution is 0.0524. The summed E-state index contributed by atoms with van der Waals surface area (Å²) in [6, 6.07) is 5.36. The highest BCUT2D eigenvalue weighted by molar-refractivity contribution is 5.94. The summed E-state index contributed by atoms with van der Waals surface area (Å²) < 4.78 is 9.94. The number of carbonyl (C=O) groups is 1. The average Bonchev–Trinajstić information content (AvgIpc) is 2.28. The Kier molecular flexibility index (Phi) is 3.90. The highest BCUT2D eigenvalue weighted by atomic mass is 16.5. The number of rotatable bonds is 3. The molecule has 1 rings (SSSR count). The third-order valence-corrected chi connectivity index (χ3v) is 2.19. The third kappa shape index (κ3) is 2.14. The van der Waals surface area contributed by atoms with Crippen LogP contribution < -0.4 is 4.74 Å². The molecular formula is C12H13NO3. The van der Waals surface area contributed by atoms with Crippen LogP contribution in [0.3, 0.4) is 0 Å². The van der Waals surface area contributed by atoms with Gasteiger partial charge in [0.1, 0.15) is 17.4 Å². The van der Waals surface area contributed by atoms with E-state index in [9.17, 15) is 4.79 Å². The van der Waals surface area contributed by atoms with E-state index >= 15 is 0 Å². The predicted octanol–water partition coefficient (Wildman–Crippen LogP) is 2.05. The molecule has 16 heavy (non-hydrogen) atoms. The summed E-state index contributed by atoms with van der Waals surface area (Å²) in [6.07, 6.45) is 0. The van der Waals surface area contributed by atoms with E-state index in [-0.39, 0.29) is 17.7 Å². The fourth-order valence-corrected chi connectivity index (χ4v) is 1.44. The molecule has 0 bridgehead atoms. The molecule has 4 nitrogen and oxygen atoms in total. The quantitative estimate of drug-likeness (QED) is 0.730. The molecule has 0 aromatic heterocycles. The van der Waals surface area contributed by atoms with Crippen molar-refractivity contribution in [2.45, 2.75) is 13.8 Å². The molecule has 0 aliphatic heterocycles. The fraction of sp³-hybridized carbons (Fsp3) is 0.333. The van der Waals surface area contributed by atoms with Crippen molar-refractivity contribution in [3.63, 3.8) is 0 Å². The minimum atomic E-state index is -0.490. The molecule has 0 saturated carbocycles. The van der Waals surface area contributed by atoms with Crippen LogP contribution in [0.1, 0.15) is 28.4 Å². The summed E-state index contributed by atoms with van der Waals surface area (Å²) in [5.41, 5.74) is 1.21. The Morgan fingerprint density at radius 2 is 2.19 bits per heavy atom. The minimum Gasteiger partial charge on any atom is -0.495 e. The van der Waals surface area contributed by atoms with Gasteiger partial charge in [-0.3, -0.25) is 0 Å². The third-order valence-electron chi connectivity index (χ3n) is 2.19. The molecule has 0 amide bonds. The molecule has 0 heterocycles. The Morgan fingerprint density at radius 1 is 1.50 bits per heavy atom. The van der Waals surface area contributed by atoms with Gasteiger partial charge in [-0.1, -0.05) is 6.07 Å². The monoisotopic (exact) mass is 219 g/mol. The predicted molar refractivity (Wildman–Crippen MR) is 58.4 cm³/mol. The van der Waals surface area contributed by atoms with Crippen LogP contribution in [0.2, 0.25) is 0 Å². The highest BCUT2D eigenvalue weighted by Gasteiger charge is 2.19. The zero-order valence-electron chi connectivity index (χ0n) is 9.53. The number of nitriles is 1. The van der Waals surface area contributed by atoms with E-state index in [1.54, 1.807) is 26.0 Å². The van der Waals surface area contributed by atoms with Crippen molar-refractivity contribution in [3.8, 4) is 11.8 Å². The molecule has 0 atom stereocenters. The second kappa shape index (κ2) is 5.17. The van der Waals surface area contributed by atoms with Crippen molar-refractivity contribution in [2.75, 3.05) is 13.7 Å². The number of aryl methyl sites for hydroxylation is 1. The Labute approximate surface area is 94.4 Å². The number of benzene rings is 1. The molecule has 0 fully saturated rings. The second-order valence-corrected chi connectivity index (χ2v) is 3.17. The van der Waals surface area contributed by atoms with Crippen LogP contribution in [-0.4, -0.2) is 19.7 Å². The normalized spacial score (nSPS) is 9.38. The van der Waals surface area contributed by atoms with Crippen molar-refractivity contribution in [1.29, 1.82) is 5.26 Å². The number of methoxy groups -OCH3 is 1. The summed E-state index contributed by atoms with van der Waals surface area (Å²) in [7, 11) is 1.46. The van der Waals surface area contributed by atoms with Crippen molar-refractivity contribution in [2.24, 2.45) is 0 Å². The van der Waals surface area contributed by atoms with Crippen LogP contribution in [-0.2, 0) is 4.74 Å². The molecule has 0 aliphatic rings. The zero-order valence-corrected chi connectivity index (χ0v) is 9.53. The topological polar surface area (TPSA) is 59.3 Å². The molecule has 84 valence electrons. The lowest BCUT2D eigenvalue weighted by atomic mass is 10.0. The van der Waals surface area contributed by atoms with Crippen LogP contribution in [0.5, 0.6) is 5.75 Å². The summed E-state index contributed by atoms with van der Waals surface area (Å²) in [5.74, 6) is -0.105. The van der Waals surface area contributed by atoms with E-state index in [1.807, 2.05) is 6.07 Å². The molecule has 0 unspecified atom stereocenters. The van der Waals surface area contributed by atoms with Crippen LogP contribution in [0, 0.1) is 18.3 Å². The lowest BCUT2D eigenvalue weighted by Crippen LogP contribution is -2.10. The maximum Gasteiger partial charge on any atom is 0.339 e. The maximum atomic E-state index is 11.7. The van der Waals surface area contributed by atoms with Gasteiger partial charge in [-0.25, -0.2) is 4.79 Å². The number of hydrogen-bond acceptors (Lipinski definition) is 4. The molecule has 0 aliphatic carbocycles. The first-order valence-corrected chi connectivity index (χ1v) is 4.90. The maximum absolute atomic E-state index is 11.7. The molecule has 1 aromatic carbocycles. The van der Waals surface area contributed by atoms with Gasteiger partial charge in [0.05, 0.1) is 19.3 Å². The summed E-state index contributed by atoms with van der Waals surface area (Å²) >= 11 is 0. The van der Waals surface area contributed by atoms with Gasteiger partial charge in [-0.05, 0) is 25.5 Å². The first-order valence-electron chi connectivity index (χ1n) is 4.90.